The molecule has 0 spiro atoms. The second kappa shape index (κ2) is 6.13. The Kier molecular flexibility index (Phi) is 3.83. The summed E-state index contributed by atoms with van der Waals surface area (Å²) in [4.78, 5) is 26.7. The molecule has 3 aliphatic carbocycles. The van der Waals surface area contributed by atoms with Gasteiger partial charge in [-0.05, 0) is 46.9 Å². The minimum absolute atomic E-state index is 0.343. The Balaban J connectivity index is 1.67. The highest BCUT2D eigenvalue weighted by Crippen LogP contribution is 2.69. The summed E-state index contributed by atoms with van der Waals surface area (Å²) in [6.45, 7) is 1.80. The lowest BCUT2D eigenvalue weighted by molar-refractivity contribution is -0.122. The van der Waals surface area contributed by atoms with E-state index < -0.39 is 21.6 Å². The van der Waals surface area contributed by atoms with Gasteiger partial charge in [-0.2, -0.15) is 0 Å². The summed E-state index contributed by atoms with van der Waals surface area (Å²) in [6.07, 6.45) is 0. The third-order valence-electron chi connectivity index (χ3n) is 7.07. The molecule has 0 unspecified atom stereocenters. The van der Waals surface area contributed by atoms with Gasteiger partial charge < -0.3 is 0 Å². The summed E-state index contributed by atoms with van der Waals surface area (Å²) in [6, 6.07) is 20.4. The fourth-order valence-corrected chi connectivity index (χ4v) is 7.01. The molecule has 0 radical (unpaired) electrons. The van der Waals surface area contributed by atoms with E-state index in [-0.39, 0.29) is 11.8 Å². The van der Waals surface area contributed by atoms with Crippen LogP contribution in [0.1, 0.15) is 27.8 Å². The smallest absolute Gasteiger partial charge is 0.240 e. The second-order valence-corrected chi connectivity index (χ2v) is 9.97. The first kappa shape index (κ1) is 19.4. The third kappa shape index (κ3) is 2.08. The molecule has 2 bridgehead atoms. The molecule has 0 saturated carbocycles. The molecule has 2 amide bonds. The summed E-state index contributed by atoms with van der Waals surface area (Å²) in [7, 11) is 0. The predicted molar refractivity (Wildman–Crippen MR) is 122 cm³/mol. The van der Waals surface area contributed by atoms with Crippen LogP contribution in [0.2, 0.25) is 5.02 Å². The molecule has 0 aromatic heterocycles. The molecule has 1 heterocycles. The van der Waals surface area contributed by atoms with Crippen LogP contribution in [0.3, 0.4) is 0 Å². The van der Waals surface area contributed by atoms with Gasteiger partial charge in [0.25, 0.3) is 0 Å². The van der Waals surface area contributed by atoms with Crippen LogP contribution in [0.5, 0.6) is 0 Å². The molecule has 2 atom stereocenters. The monoisotopic (exact) mass is 467 g/mol. The summed E-state index contributed by atoms with van der Waals surface area (Å²) in [5.41, 5.74) is 4.30. The van der Waals surface area contributed by atoms with Crippen molar-refractivity contribution in [2.75, 3.05) is 4.90 Å². The Morgan fingerprint density at radius 3 is 1.55 bits per heavy atom. The Morgan fingerprint density at radius 1 is 0.710 bits per heavy atom. The number of halogens is 3. The zero-order chi connectivity index (χ0) is 21.7. The first-order valence-corrected chi connectivity index (χ1v) is 11.2. The SMILES string of the molecule is Cc1c(Cl)cccc1N1C(=O)[C@H]2[C@H](C1=O)C1(Cl)c3ccccc3C2(Cl)c2ccccc21. The lowest BCUT2D eigenvalue weighted by Gasteiger charge is -2.54. The fourth-order valence-electron chi connectivity index (χ4n) is 5.74. The highest BCUT2D eigenvalue weighted by atomic mass is 35.5. The average Bonchev–Trinajstić information content (AvgIpc) is 3.05. The van der Waals surface area contributed by atoms with Crippen molar-refractivity contribution >= 4 is 52.3 Å². The Hall–Kier alpha value is -2.33. The Bertz CT molecular complexity index is 1200. The van der Waals surface area contributed by atoms with Crippen LogP contribution >= 0.6 is 34.8 Å². The number of hydrogen-bond acceptors (Lipinski definition) is 2. The lowest BCUT2D eigenvalue weighted by atomic mass is 9.54. The number of imide groups is 1. The van der Waals surface area contributed by atoms with E-state index in [4.69, 9.17) is 34.8 Å². The first-order valence-electron chi connectivity index (χ1n) is 10.0. The number of alkyl halides is 2. The zero-order valence-corrected chi connectivity index (χ0v) is 18.7. The van der Waals surface area contributed by atoms with Crippen LogP contribution in [0.4, 0.5) is 5.69 Å². The van der Waals surface area contributed by atoms with Crippen LogP contribution in [0.15, 0.2) is 66.7 Å². The van der Waals surface area contributed by atoms with E-state index in [0.29, 0.717) is 16.3 Å². The number of anilines is 1. The van der Waals surface area contributed by atoms with Gasteiger partial charge in [0.2, 0.25) is 11.8 Å². The number of benzene rings is 3. The van der Waals surface area contributed by atoms with Crippen molar-refractivity contribution in [2.45, 2.75) is 16.7 Å². The quantitative estimate of drug-likeness (QED) is 0.337. The maximum atomic E-state index is 13.9. The molecule has 154 valence electrons. The Labute approximate surface area is 194 Å². The van der Waals surface area contributed by atoms with Crippen molar-refractivity contribution in [1.29, 1.82) is 0 Å². The van der Waals surface area contributed by atoms with Gasteiger partial charge in [-0.3, -0.25) is 9.59 Å². The number of amides is 2. The van der Waals surface area contributed by atoms with Crippen molar-refractivity contribution in [3.63, 3.8) is 0 Å². The molecule has 1 saturated heterocycles. The van der Waals surface area contributed by atoms with E-state index in [1.54, 1.807) is 25.1 Å². The molecule has 3 aromatic carbocycles. The molecule has 0 N–H and O–H groups in total. The van der Waals surface area contributed by atoms with E-state index >= 15 is 0 Å². The Morgan fingerprint density at radius 2 is 1.13 bits per heavy atom. The van der Waals surface area contributed by atoms with Gasteiger partial charge in [-0.1, -0.05) is 66.2 Å². The number of nitrogens with zero attached hydrogens (tertiary/aromatic N) is 1. The molecule has 7 rings (SSSR count). The van der Waals surface area contributed by atoms with Crippen LogP contribution < -0.4 is 4.90 Å². The van der Waals surface area contributed by atoms with Gasteiger partial charge in [0.05, 0.1) is 17.5 Å². The molecule has 1 aliphatic heterocycles. The number of carbonyl (C=O) groups is 2. The van der Waals surface area contributed by atoms with Gasteiger partial charge in [0.1, 0.15) is 9.75 Å². The molecule has 4 aliphatic rings. The maximum Gasteiger partial charge on any atom is 0.240 e. The van der Waals surface area contributed by atoms with Crippen molar-refractivity contribution in [3.8, 4) is 0 Å². The maximum absolute atomic E-state index is 13.9. The van der Waals surface area contributed by atoms with E-state index in [2.05, 4.69) is 0 Å². The minimum atomic E-state index is -1.18. The number of hydrogen-bond donors (Lipinski definition) is 0. The van der Waals surface area contributed by atoms with Gasteiger partial charge in [0, 0.05) is 5.02 Å². The van der Waals surface area contributed by atoms with Crippen molar-refractivity contribution in [3.05, 3.63) is 99.6 Å². The normalized spacial score (nSPS) is 30.3. The molecule has 1 fully saturated rings. The van der Waals surface area contributed by atoms with Crippen molar-refractivity contribution in [1.82, 2.24) is 0 Å². The molecule has 3 nitrogen and oxygen atoms in total. The van der Waals surface area contributed by atoms with E-state index in [9.17, 15) is 9.59 Å². The number of rotatable bonds is 1. The minimum Gasteiger partial charge on any atom is -0.274 e. The predicted octanol–water partition coefficient (Wildman–Crippen LogP) is 5.75. The summed E-state index contributed by atoms with van der Waals surface area (Å²) < 4.78 is 0. The first-order chi connectivity index (χ1) is 14.8. The van der Waals surface area contributed by atoms with Crippen LogP contribution in [-0.2, 0) is 19.3 Å². The van der Waals surface area contributed by atoms with Gasteiger partial charge in [-0.25, -0.2) is 4.90 Å². The highest BCUT2D eigenvalue weighted by molar-refractivity contribution is 6.39. The fraction of sp³-hybridized carbons (Fsp3) is 0.200. The van der Waals surface area contributed by atoms with Crippen LogP contribution in [0, 0.1) is 18.8 Å². The topological polar surface area (TPSA) is 37.4 Å². The summed E-state index contributed by atoms with van der Waals surface area (Å²) in [5, 5.41) is 0.490. The van der Waals surface area contributed by atoms with Crippen molar-refractivity contribution in [2.24, 2.45) is 11.8 Å². The van der Waals surface area contributed by atoms with E-state index in [1.165, 1.54) is 4.90 Å². The van der Waals surface area contributed by atoms with Gasteiger partial charge >= 0.3 is 0 Å². The standard InChI is InChI=1S/C25H16Cl3NO2/c1-13-18(26)11-6-12-19(13)29-22(30)20-21(23(29)31)25(28)15-8-3-2-7-14(15)24(20,27)16-9-4-5-10-17(16)25/h2-12,20-21H,1H3/t20-,21-,24?,25?/m1/s1. The summed E-state index contributed by atoms with van der Waals surface area (Å²) >= 11 is 21.2. The molecular weight excluding hydrogens is 453 g/mol. The molecule has 3 aromatic rings. The summed E-state index contributed by atoms with van der Waals surface area (Å²) in [5.74, 6) is -2.32. The molecular formula is C25H16Cl3NO2. The second-order valence-electron chi connectivity index (χ2n) is 8.37. The number of carbonyl (C=O) groups excluding carboxylic acids is 2. The lowest BCUT2D eigenvalue weighted by Crippen LogP contribution is -2.57. The van der Waals surface area contributed by atoms with Gasteiger partial charge in [0.15, 0.2) is 0 Å². The molecule has 6 heteroatoms. The highest BCUT2D eigenvalue weighted by Gasteiger charge is 2.73. The zero-order valence-electron chi connectivity index (χ0n) is 16.4. The van der Waals surface area contributed by atoms with Gasteiger partial charge in [-0.15, -0.1) is 23.2 Å². The van der Waals surface area contributed by atoms with Crippen LogP contribution in [0.25, 0.3) is 0 Å². The third-order valence-corrected chi connectivity index (χ3v) is 8.76. The molecule has 31 heavy (non-hydrogen) atoms. The van der Waals surface area contributed by atoms with E-state index in [0.717, 1.165) is 22.3 Å². The largest absolute Gasteiger partial charge is 0.274 e. The average molecular weight is 469 g/mol. The van der Waals surface area contributed by atoms with Crippen molar-refractivity contribution < 1.29 is 9.59 Å². The van der Waals surface area contributed by atoms with E-state index in [1.807, 2.05) is 48.5 Å². The van der Waals surface area contributed by atoms with Crippen LogP contribution in [-0.4, -0.2) is 11.8 Å².